The Labute approximate surface area is 134 Å². The van der Waals surface area contributed by atoms with E-state index in [9.17, 15) is 0 Å². The number of hydrogen-bond acceptors (Lipinski definition) is 1. The van der Waals surface area contributed by atoms with Crippen LogP contribution in [0.4, 0.5) is 0 Å². The van der Waals surface area contributed by atoms with E-state index in [1.165, 1.54) is 0 Å². The summed E-state index contributed by atoms with van der Waals surface area (Å²) < 4.78 is 13.3. The summed E-state index contributed by atoms with van der Waals surface area (Å²) in [6, 6.07) is 0. The van der Waals surface area contributed by atoms with E-state index in [2.05, 4.69) is 76.3 Å². The maximum Gasteiger partial charge on any atom is 0.168 e. The van der Waals surface area contributed by atoms with E-state index in [-0.39, 0.29) is 5.54 Å². The molecule has 4 nitrogen and oxygen atoms in total. The molecule has 0 bridgehead atoms. The van der Waals surface area contributed by atoms with E-state index in [0.29, 0.717) is 0 Å². The third-order valence-corrected chi connectivity index (χ3v) is 8.60. The molecule has 0 aromatic carbocycles. The molecule has 0 rings (SSSR count). The van der Waals surface area contributed by atoms with Crippen molar-refractivity contribution < 1.29 is 0 Å². The molecule has 0 radical (unpaired) electrons. The predicted octanol–water partition coefficient (Wildman–Crippen LogP) is 4.76. The van der Waals surface area contributed by atoms with Gasteiger partial charge < -0.3 is 0 Å². The lowest BCUT2D eigenvalue weighted by Gasteiger charge is -2.49. The minimum atomic E-state index is -1.82. The molecule has 0 aliphatic carbocycles. The Balaban J connectivity index is 6.39. The van der Waals surface area contributed by atoms with Crippen LogP contribution in [0.15, 0.2) is 4.74 Å². The van der Waals surface area contributed by atoms with E-state index in [1.807, 2.05) is 0 Å². The van der Waals surface area contributed by atoms with Crippen molar-refractivity contribution in [1.29, 1.82) is 0 Å². The number of hydrogen-bond donors (Lipinski definition) is 0. The highest BCUT2D eigenvalue weighted by Crippen LogP contribution is 2.60. The van der Waals surface area contributed by atoms with Crippen molar-refractivity contribution in [3.05, 3.63) is 0 Å². The van der Waals surface area contributed by atoms with Gasteiger partial charge in [0.25, 0.3) is 0 Å². The van der Waals surface area contributed by atoms with E-state index in [4.69, 9.17) is 4.74 Å². The smallest absolute Gasteiger partial charge is 0.168 e. The summed E-state index contributed by atoms with van der Waals surface area (Å²) in [6.07, 6.45) is 0. The van der Waals surface area contributed by atoms with E-state index in [0.717, 1.165) is 39.3 Å². The van der Waals surface area contributed by atoms with Crippen molar-refractivity contribution in [3.63, 3.8) is 0 Å². The maximum absolute atomic E-state index is 5.46. The van der Waals surface area contributed by atoms with Gasteiger partial charge in [0.05, 0.1) is 5.54 Å². The Kier molecular flexibility index (Phi) is 9.34. The highest BCUT2D eigenvalue weighted by atomic mass is 31.2. The minimum absolute atomic E-state index is 0.0262. The lowest BCUT2D eigenvalue weighted by Crippen LogP contribution is -2.42. The van der Waals surface area contributed by atoms with Crippen LogP contribution in [0.5, 0.6) is 0 Å². The summed E-state index contributed by atoms with van der Waals surface area (Å²) in [7, 11) is -1.82. The fourth-order valence-electron chi connectivity index (χ4n) is 2.94. The summed E-state index contributed by atoms with van der Waals surface area (Å²) >= 11 is 0. The SMILES string of the molecule is CCN(CC)P(=NC(C)(C)C)(N(CC)CC)N(CC)CC. The average molecular weight is 318 g/mol. The van der Waals surface area contributed by atoms with Gasteiger partial charge in [-0.1, -0.05) is 41.5 Å². The first-order valence-electron chi connectivity index (χ1n) is 8.66. The summed E-state index contributed by atoms with van der Waals surface area (Å²) in [4.78, 5) is 0. The first-order chi connectivity index (χ1) is 9.77. The molecule has 0 fully saturated rings. The fraction of sp³-hybridized carbons (Fsp3) is 1.00. The van der Waals surface area contributed by atoms with Crippen LogP contribution in [-0.4, -0.2) is 58.8 Å². The molecule has 0 spiro atoms. The van der Waals surface area contributed by atoms with Gasteiger partial charge in [0.1, 0.15) is 0 Å². The van der Waals surface area contributed by atoms with Crippen LogP contribution in [0, 0.1) is 0 Å². The summed E-state index contributed by atoms with van der Waals surface area (Å²) in [6.45, 7) is 26.6. The normalized spacial score (nSPS) is 13.5. The van der Waals surface area contributed by atoms with Crippen LogP contribution in [0.2, 0.25) is 0 Å². The van der Waals surface area contributed by atoms with Gasteiger partial charge in [0.15, 0.2) is 7.51 Å². The number of nitrogens with zero attached hydrogens (tertiary/aromatic N) is 4. The molecule has 0 unspecified atom stereocenters. The summed E-state index contributed by atoms with van der Waals surface area (Å²) in [5.74, 6) is 0. The van der Waals surface area contributed by atoms with Crippen LogP contribution in [0.1, 0.15) is 62.3 Å². The molecular formula is C16H39N4P. The van der Waals surface area contributed by atoms with Gasteiger partial charge >= 0.3 is 0 Å². The van der Waals surface area contributed by atoms with Crippen molar-refractivity contribution in [2.24, 2.45) is 4.74 Å². The van der Waals surface area contributed by atoms with Crippen LogP contribution in [-0.2, 0) is 0 Å². The van der Waals surface area contributed by atoms with Gasteiger partial charge in [-0.05, 0) is 20.8 Å². The van der Waals surface area contributed by atoms with Crippen molar-refractivity contribution in [3.8, 4) is 0 Å². The molecule has 0 aliphatic heterocycles. The Hall–Kier alpha value is 0.110. The fourth-order valence-corrected chi connectivity index (χ4v) is 7.47. The molecule has 0 heterocycles. The van der Waals surface area contributed by atoms with Gasteiger partial charge in [-0.15, -0.1) is 0 Å². The molecule has 0 saturated carbocycles. The lowest BCUT2D eigenvalue weighted by molar-refractivity contribution is 0.332. The molecule has 0 amide bonds. The molecule has 0 saturated heterocycles. The standard InChI is InChI=1S/C16H39N4P/c1-10-18(11-2)21(17-16(7,8)9,19(12-3)13-4)20(14-5)15-6/h10-15H2,1-9H3. The quantitative estimate of drug-likeness (QED) is 0.572. The zero-order chi connectivity index (χ0) is 16.7. The van der Waals surface area contributed by atoms with Gasteiger partial charge in [0.2, 0.25) is 0 Å². The van der Waals surface area contributed by atoms with Crippen LogP contribution < -0.4 is 0 Å². The highest BCUT2D eigenvalue weighted by molar-refractivity contribution is 7.59. The van der Waals surface area contributed by atoms with E-state index in [1.54, 1.807) is 0 Å². The third kappa shape index (κ3) is 5.06. The molecular weight excluding hydrogens is 279 g/mol. The van der Waals surface area contributed by atoms with Gasteiger partial charge in [-0.3, -0.25) is 4.74 Å². The predicted molar refractivity (Wildman–Crippen MR) is 97.9 cm³/mol. The first kappa shape index (κ1) is 21.1. The summed E-state index contributed by atoms with van der Waals surface area (Å²) in [5.41, 5.74) is -0.0262. The first-order valence-corrected chi connectivity index (χ1v) is 10.3. The topological polar surface area (TPSA) is 22.1 Å². The van der Waals surface area contributed by atoms with E-state index < -0.39 is 7.51 Å². The van der Waals surface area contributed by atoms with Gasteiger partial charge in [-0.25, -0.2) is 14.0 Å². The lowest BCUT2D eigenvalue weighted by atomic mass is 10.1. The molecule has 0 aromatic heterocycles. The zero-order valence-corrected chi connectivity index (χ0v) is 16.9. The van der Waals surface area contributed by atoms with Gasteiger partial charge in [0, 0.05) is 39.3 Å². The van der Waals surface area contributed by atoms with Gasteiger partial charge in [-0.2, -0.15) is 0 Å². The number of rotatable bonds is 9. The molecule has 0 aromatic rings. The molecule has 0 aliphatic rings. The van der Waals surface area contributed by atoms with Crippen molar-refractivity contribution in [2.75, 3.05) is 39.3 Å². The van der Waals surface area contributed by atoms with Crippen molar-refractivity contribution >= 4 is 7.51 Å². The van der Waals surface area contributed by atoms with Crippen LogP contribution in [0.25, 0.3) is 0 Å². The molecule has 21 heavy (non-hydrogen) atoms. The minimum Gasteiger partial charge on any atom is -0.255 e. The second-order valence-corrected chi connectivity index (χ2v) is 9.19. The monoisotopic (exact) mass is 318 g/mol. The Morgan fingerprint density at radius 1 is 0.619 bits per heavy atom. The van der Waals surface area contributed by atoms with Crippen molar-refractivity contribution in [1.82, 2.24) is 14.0 Å². The third-order valence-electron chi connectivity index (χ3n) is 3.76. The van der Waals surface area contributed by atoms with E-state index >= 15 is 0 Å². The molecule has 128 valence electrons. The zero-order valence-electron chi connectivity index (χ0n) is 16.0. The average Bonchev–Trinajstić information content (AvgIpc) is 2.40. The van der Waals surface area contributed by atoms with Crippen molar-refractivity contribution in [2.45, 2.75) is 67.9 Å². The molecule has 0 N–H and O–H groups in total. The van der Waals surface area contributed by atoms with Crippen LogP contribution in [0.3, 0.4) is 0 Å². The summed E-state index contributed by atoms with van der Waals surface area (Å²) in [5, 5.41) is 0. The second-order valence-electron chi connectivity index (χ2n) is 6.22. The Bertz CT molecular complexity index is 286. The Morgan fingerprint density at radius 3 is 1.00 bits per heavy atom. The molecule has 5 heteroatoms. The highest BCUT2D eigenvalue weighted by Gasteiger charge is 2.37. The second kappa shape index (κ2) is 9.29. The largest absolute Gasteiger partial charge is 0.255 e. The maximum atomic E-state index is 5.46. The van der Waals surface area contributed by atoms with Crippen LogP contribution >= 0.6 is 7.51 Å². The molecule has 0 atom stereocenters. The Morgan fingerprint density at radius 2 is 0.857 bits per heavy atom.